The van der Waals surface area contributed by atoms with Crippen molar-refractivity contribution in [2.45, 2.75) is 31.7 Å². The van der Waals surface area contributed by atoms with Gasteiger partial charge in [0.15, 0.2) is 6.61 Å². The van der Waals surface area contributed by atoms with Crippen molar-refractivity contribution in [2.24, 2.45) is 0 Å². The summed E-state index contributed by atoms with van der Waals surface area (Å²) in [7, 11) is -3.84. The number of carbonyl (C=O) groups excluding carboxylic acids is 2. The van der Waals surface area contributed by atoms with E-state index in [4.69, 9.17) is 4.74 Å². The first-order chi connectivity index (χ1) is 13.2. The van der Waals surface area contributed by atoms with Crippen molar-refractivity contribution < 1.29 is 22.7 Å². The second kappa shape index (κ2) is 9.48. The second-order valence-electron chi connectivity index (χ2n) is 6.43. The van der Waals surface area contributed by atoms with Crippen LogP contribution in [0.25, 0.3) is 0 Å². The molecule has 150 valence electrons. The number of benzene rings is 2. The fraction of sp³-hybridized carbons (Fsp3) is 0.300. The van der Waals surface area contributed by atoms with Crippen molar-refractivity contribution in [1.29, 1.82) is 0 Å². The first-order valence-electron chi connectivity index (χ1n) is 8.76. The van der Waals surface area contributed by atoms with Crippen molar-refractivity contribution in [2.75, 3.05) is 13.2 Å². The van der Waals surface area contributed by atoms with Gasteiger partial charge in [-0.15, -0.1) is 0 Å². The molecule has 7 nitrogen and oxygen atoms in total. The molecule has 0 spiro atoms. The lowest BCUT2D eigenvalue weighted by Crippen LogP contribution is -2.34. The minimum Gasteiger partial charge on any atom is -0.455 e. The van der Waals surface area contributed by atoms with Crippen LogP contribution in [-0.2, 0) is 24.3 Å². The Morgan fingerprint density at radius 2 is 1.71 bits per heavy atom. The van der Waals surface area contributed by atoms with Crippen molar-refractivity contribution in [3.8, 4) is 0 Å². The van der Waals surface area contributed by atoms with Crippen LogP contribution < -0.4 is 10.0 Å². The third-order valence-electron chi connectivity index (χ3n) is 4.24. The molecular formula is C20H24N2O5S. The maximum absolute atomic E-state index is 12.2. The number of hydrogen-bond acceptors (Lipinski definition) is 5. The van der Waals surface area contributed by atoms with Crippen LogP contribution in [0, 0.1) is 13.8 Å². The molecule has 0 saturated carbocycles. The van der Waals surface area contributed by atoms with Crippen LogP contribution in [0.3, 0.4) is 0 Å². The van der Waals surface area contributed by atoms with Gasteiger partial charge in [-0.2, -0.15) is 4.72 Å². The average Bonchev–Trinajstić information content (AvgIpc) is 2.67. The molecule has 0 aliphatic heterocycles. The Balaban J connectivity index is 1.80. The fourth-order valence-corrected chi connectivity index (χ4v) is 3.48. The summed E-state index contributed by atoms with van der Waals surface area (Å²) in [5.41, 5.74) is 2.71. The van der Waals surface area contributed by atoms with Gasteiger partial charge in [0, 0.05) is 0 Å². The number of carbonyl (C=O) groups is 2. The summed E-state index contributed by atoms with van der Waals surface area (Å²) < 4.78 is 31.5. The van der Waals surface area contributed by atoms with Crippen LogP contribution >= 0.6 is 0 Å². The topological polar surface area (TPSA) is 102 Å². The fourth-order valence-electron chi connectivity index (χ4n) is 2.42. The number of esters is 1. The van der Waals surface area contributed by atoms with Crippen LogP contribution in [0.15, 0.2) is 53.4 Å². The van der Waals surface area contributed by atoms with E-state index in [1.165, 1.54) is 12.1 Å². The summed E-state index contributed by atoms with van der Waals surface area (Å²) in [4.78, 5) is 23.7. The number of sulfonamides is 1. The second-order valence-corrected chi connectivity index (χ2v) is 8.20. The average molecular weight is 404 g/mol. The quantitative estimate of drug-likeness (QED) is 0.656. The molecule has 2 aromatic rings. The molecule has 2 aromatic carbocycles. The highest BCUT2D eigenvalue weighted by Crippen LogP contribution is 2.14. The van der Waals surface area contributed by atoms with Crippen LogP contribution in [0.1, 0.15) is 29.7 Å². The Hall–Kier alpha value is -2.71. The molecule has 0 aromatic heterocycles. The van der Waals surface area contributed by atoms with Crippen molar-refractivity contribution in [3.63, 3.8) is 0 Å². The molecular weight excluding hydrogens is 380 g/mol. The van der Waals surface area contributed by atoms with Gasteiger partial charge >= 0.3 is 5.97 Å². The molecule has 1 unspecified atom stereocenters. The predicted molar refractivity (Wildman–Crippen MR) is 105 cm³/mol. The molecule has 0 fully saturated rings. The Labute approximate surface area is 165 Å². The Morgan fingerprint density at radius 3 is 2.36 bits per heavy atom. The molecule has 2 N–H and O–H groups in total. The molecule has 2 rings (SSSR count). The Morgan fingerprint density at radius 1 is 1.04 bits per heavy atom. The zero-order valence-electron chi connectivity index (χ0n) is 16.1. The molecule has 0 heterocycles. The van der Waals surface area contributed by atoms with E-state index in [-0.39, 0.29) is 10.9 Å². The molecule has 0 bridgehead atoms. The van der Waals surface area contributed by atoms with Gasteiger partial charge in [-0.05, 0) is 49.6 Å². The van der Waals surface area contributed by atoms with E-state index in [0.29, 0.717) is 0 Å². The lowest BCUT2D eigenvalue weighted by atomic mass is 10.1. The van der Waals surface area contributed by atoms with Crippen molar-refractivity contribution in [1.82, 2.24) is 10.0 Å². The van der Waals surface area contributed by atoms with Gasteiger partial charge in [0.1, 0.15) is 6.54 Å². The van der Waals surface area contributed by atoms with Gasteiger partial charge < -0.3 is 10.1 Å². The molecule has 0 radical (unpaired) electrons. The van der Waals surface area contributed by atoms with Gasteiger partial charge in [0.25, 0.3) is 5.91 Å². The number of ether oxygens (including phenoxy) is 1. The summed E-state index contributed by atoms with van der Waals surface area (Å²) in [6.07, 6.45) is 0. The van der Waals surface area contributed by atoms with Crippen LogP contribution in [0.5, 0.6) is 0 Å². The molecule has 0 aliphatic rings. The standard InChI is InChI=1S/C20H24N2O5S/c1-14-9-10-18(11-15(14)2)28(25,26)21-12-20(24)27-13-19(23)22-16(3)17-7-5-4-6-8-17/h4-11,16,21H,12-13H2,1-3H3,(H,22,23). The van der Waals surface area contributed by atoms with Crippen LogP contribution in [0.2, 0.25) is 0 Å². The summed E-state index contributed by atoms with van der Waals surface area (Å²) >= 11 is 0. The van der Waals surface area contributed by atoms with Gasteiger partial charge in [0.2, 0.25) is 10.0 Å². The predicted octanol–water partition coefficient (Wildman–Crippen LogP) is 2.00. The maximum Gasteiger partial charge on any atom is 0.321 e. The van der Waals surface area contributed by atoms with Gasteiger partial charge in [-0.25, -0.2) is 8.42 Å². The molecule has 1 amide bonds. The number of rotatable bonds is 8. The first kappa shape index (κ1) is 21.6. The zero-order valence-corrected chi connectivity index (χ0v) is 16.9. The Bertz CT molecular complexity index is 942. The lowest BCUT2D eigenvalue weighted by molar-refractivity contribution is -0.147. The minimum absolute atomic E-state index is 0.0674. The number of aryl methyl sites for hydroxylation is 2. The molecule has 0 saturated heterocycles. The number of hydrogen-bond donors (Lipinski definition) is 2. The van der Waals surface area contributed by atoms with Crippen molar-refractivity contribution >= 4 is 21.9 Å². The number of nitrogens with one attached hydrogen (secondary N) is 2. The van der Waals surface area contributed by atoms with E-state index >= 15 is 0 Å². The van der Waals surface area contributed by atoms with Crippen molar-refractivity contribution in [3.05, 3.63) is 65.2 Å². The maximum atomic E-state index is 12.2. The Kier molecular flexibility index (Phi) is 7.31. The summed E-state index contributed by atoms with van der Waals surface area (Å²) in [6, 6.07) is 13.8. The third kappa shape index (κ3) is 6.17. The number of amides is 1. The monoisotopic (exact) mass is 404 g/mol. The first-order valence-corrected chi connectivity index (χ1v) is 10.2. The molecule has 8 heteroatoms. The highest BCUT2D eigenvalue weighted by molar-refractivity contribution is 7.89. The molecule has 1 atom stereocenters. The van der Waals surface area contributed by atoms with E-state index in [0.717, 1.165) is 16.7 Å². The van der Waals surface area contributed by atoms with E-state index in [9.17, 15) is 18.0 Å². The molecule has 28 heavy (non-hydrogen) atoms. The van der Waals surface area contributed by atoms with E-state index < -0.39 is 35.1 Å². The smallest absolute Gasteiger partial charge is 0.321 e. The lowest BCUT2D eigenvalue weighted by Gasteiger charge is -2.14. The largest absolute Gasteiger partial charge is 0.455 e. The van der Waals surface area contributed by atoms with E-state index in [1.54, 1.807) is 13.0 Å². The van der Waals surface area contributed by atoms with E-state index in [2.05, 4.69) is 10.0 Å². The van der Waals surface area contributed by atoms with Crippen LogP contribution in [0.4, 0.5) is 0 Å². The third-order valence-corrected chi connectivity index (χ3v) is 5.64. The van der Waals surface area contributed by atoms with Crippen LogP contribution in [-0.4, -0.2) is 33.4 Å². The highest BCUT2D eigenvalue weighted by Gasteiger charge is 2.17. The minimum atomic E-state index is -3.84. The highest BCUT2D eigenvalue weighted by atomic mass is 32.2. The zero-order chi connectivity index (χ0) is 20.7. The summed E-state index contributed by atoms with van der Waals surface area (Å²) in [5.74, 6) is -1.31. The normalized spacial score (nSPS) is 12.2. The van der Waals surface area contributed by atoms with Gasteiger partial charge in [0.05, 0.1) is 10.9 Å². The summed E-state index contributed by atoms with van der Waals surface area (Å²) in [6.45, 7) is 4.45. The van der Waals surface area contributed by atoms with Gasteiger partial charge in [-0.1, -0.05) is 36.4 Å². The summed E-state index contributed by atoms with van der Waals surface area (Å²) in [5, 5.41) is 2.71. The van der Waals surface area contributed by atoms with E-state index in [1.807, 2.05) is 44.2 Å². The SMILES string of the molecule is Cc1ccc(S(=O)(=O)NCC(=O)OCC(=O)NC(C)c2ccccc2)cc1C. The molecule has 0 aliphatic carbocycles. The van der Waals surface area contributed by atoms with Gasteiger partial charge in [-0.3, -0.25) is 9.59 Å².